The maximum Gasteiger partial charge on any atom is 0.0583 e. The average molecular weight is 131 g/mol. The van der Waals surface area contributed by atoms with E-state index in [0.717, 1.165) is 0 Å². The summed E-state index contributed by atoms with van der Waals surface area (Å²) in [4.78, 5) is 0. The molecular weight excluding hydrogens is 114 g/mol. The van der Waals surface area contributed by atoms with E-state index < -0.39 is 0 Å². The van der Waals surface area contributed by atoms with Gasteiger partial charge >= 0.3 is 0 Å². The summed E-state index contributed by atoms with van der Waals surface area (Å²) < 4.78 is 5.09. The molecule has 0 bridgehead atoms. The van der Waals surface area contributed by atoms with Gasteiger partial charge < -0.3 is 10.5 Å². The van der Waals surface area contributed by atoms with Crippen LogP contribution in [0, 0.1) is 5.92 Å². The lowest BCUT2D eigenvalue weighted by molar-refractivity contribution is 0.0658. The van der Waals surface area contributed by atoms with E-state index in [-0.39, 0.29) is 12.1 Å². The zero-order valence-corrected chi connectivity index (χ0v) is 6.72. The minimum Gasteiger partial charge on any atom is -0.381 e. The fourth-order valence-electron chi connectivity index (χ4n) is 0.642. The van der Waals surface area contributed by atoms with E-state index in [0.29, 0.717) is 5.92 Å². The fraction of sp³-hybridized carbons (Fsp3) is 1.00. The second kappa shape index (κ2) is 3.85. The molecule has 56 valence electrons. The highest BCUT2D eigenvalue weighted by Crippen LogP contribution is 2.08. The molecule has 2 nitrogen and oxygen atoms in total. The van der Waals surface area contributed by atoms with Crippen LogP contribution in [0.25, 0.3) is 0 Å². The molecule has 0 rings (SSSR count). The number of methoxy groups -OCH3 is 1. The first-order valence-electron chi connectivity index (χ1n) is 3.38. The summed E-state index contributed by atoms with van der Waals surface area (Å²) in [6.45, 7) is 6.13. The van der Waals surface area contributed by atoms with Crippen LogP contribution in [-0.2, 0) is 4.74 Å². The van der Waals surface area contributed by atoms with E-state index >= 15 is 0 Å². The van der Waals surface area contributed by atoms with Crippen LogP contribution in [0.5, 0.6) is 0 Å². The number of rotatable bonds is 3. The van der Waals surface area contributed by atoms with E-state index in [9.17, 15) is 0 Å². The molecule has 0 aliphatic carbocycles. The van der Waals surface area contributed by atoms with Crippen molar-refractivity contribution >= 4 is 0 Å². The molecule has 0 saturated carbocycles. The smallest absolute Gasteiger partial charge is 0.0583 e. The highest BCUT2D eigenvalue weighted by atomic mass is 16.5. The third-order valence-corrected chi connectivity index (χ3v) is 1.94. The Hall–Kier alpha value is -0.0800. The van der Waals surface area contributed by atoms with Crippen molar-refractivity contribution in [3.05, 3.63) is 0 Å². The standard InChI is InChI=1S/C7H17NO/c1-5(6(2)8)7(3)9-4/h5-7H,8H2,1-4H3. The van der Waals surface area contributed by atoms with Crippen molar-refractivity contribution in [2.24, 2.45) is 11.7 Å². The Morgan fingerprint density at radius 1 is 1.22 bits per heavy atom. The SMILES string of the molecule is COC(C)C(C)C(C)N. The molecule has 0 aliphatic rings. The summed E-state index contributed by atoms with van der Waals surface area (Å²) in [7, 11) is 1.71. The molecule has 0 aromatic rings. The van der Waals surface area contributed by atoms with Gasteiger partial charge in [-0.25, -0.2) is 0 Å². The maximum absolute atomic E-state index is 5.63. The molecule has 0 heterocycles. The third-order valence-electron chi connectivity index (χ3n) is 1.94. The lowest BCUT2D eigenvalue weighted by Crippen LogP contribution is -2.32. The topological polar surface area (TPSA) is 35.2 Å². The largest absolute Gasteiger partial charge is 0.381 e. The van der Waals surface area contributed by atoms with Crippen LogP contribution in [0.15, 0.2) is 0 Å². The van der Waals surface area contributed by atoms with E-state index in [1.54, 1.807) is 7.11 Å². The number of hydrogen-bond donors (Lipinski definition) is 1. The van der Waals surface area contributed by atoms with Crippen molar-refractivity contribution in [2.45, 2.75) is 32.9 Å². The highest BCUT2D eigenvalue weighted by molar-refractivity contribution is 4.68. The van der Waals surface area contributed by atoms with Gasteiger partial charge in [0.2, 0.25) is 0 Å². The maximum atomic E-state index is 5.63. The van der Waals surface area contributed by atoms with Crippen LogP contribution in [-0.4, -0.2) is 19.3 Å². The Morgan fingerprint density at radius 3 is 1.78 bits per heavy atom. The molecule has 0 saturated heterocycles. The lowest BCUT2D eigenvalue weighted by Gasteiger charge is -2.21. The quantitative estimate of drug-likeness (QED) is 0.620. The van der Waals surface area contributed by atoms with Crippen molar-refractivity contribution in [1.29, 1.82) is 0 Å². The molecule has 9 heavy (non-hydrogen) atoms. The minimum absolute atomic E-state index is 0.222. The van der Waals surface area contributed by atoms with Crippen LogP contribution in [0.1, 0.15) is 20.8 Å². The summed E-state index contributed by atoms with van der Waals surface area (Å²) in [5.41, 5.74) is 5.63. The molecule has 3 atom stereocenters. The number of nitrogens with two attached hydrogens (primary N) is 1. The molecule has 0 fully saturated rings. The molecule has 0 radical (unpaired) electrons. The lowest BCUT2D eigenvalue weighted by atomic mass is 9.99. The Kier molecular flexibility index (Phi) is 3.82. The summed E-state index contributed by atoms with van der Waals surface area (Å²) in [5.74, 6) is 0.440. The van der Waals surface area contributed by atoms with Crippen LogP contribution in [0.3, 0.4) is 0 Å². The van der Waals surface area contributed by atoms with Gasteiger partial charge in [-0.05, 0) is 19.8 Å². The zero-order valence-electron chi connectivity index (χ0n) is 6.72. The molecule has 3 unspecified atom stereocenters. The van der Waals surface area contributed by atoms with E-state index in [4.69, 9.17) is 10.5 Å². The van der Waals surface area contributed by atoms with Gasteiger partial charge in [-0.2, -0.15) is 0 Å². The Morgan fingerprint density at radius 2 is 1.67 bits per heavy atom. The van der Waals surface area contributed by atoms with Gasteiger partial charge in [-0.15, -0.1) is 0 Å². The van der Waals surface area contributed by atoms with Crippen molar-refractivity contribution < 1.29 is 4.74 Å². The Bertz CT molecular complexity index is 73.3. The molecule has 2 N–H and O–H groups in total. The van der Waals surface area contributed by atoms with E-state index in [1.165, 1.54) is 0 Å². The summed E-state index contributed by atoms with van der Waals surface area (Å²) in [5, 5.41) is 0. The average Bonchev–Trinajstić information content (AvgIpc) is 1.84. The van der Waals surface area contributed by atoms with Gasteiger partial charge in [0.25, 0.3) is 0 Å². The van der Waals surface area contributed by atoms with Gasteiger partial charge in [0, 0.05) is 13.2 Å². The number of ether oxygens (including phenoxy) is 1. The summed E-state index contributed by atoms with van der Waals surface area (Å²) in [6.07, 6.45) is 0.269. The molecule has 0 aliphatic heterocycles. The van der Waals surface area contributed by atoms with Crippen molar-refractivity contribution in [3.63, 3.8) is 0 Å². The second-order valence-corrected chi connectivity index (χ2v) is 2.66. The highest BCUT2D eigenvalue weighted by Gasteiger charge is 2.14. The first kappa shape index (κ1) is 8.92. The van der Waals surface area contributed by atoms with Crippen LogP contribution in [0.2, 0.25) is 0 Å². The predicted molar refractivity (Wildman–Crippen MR) is 39.3 cm³/mol. The molecule has 0 spiro atoms. The molecule has 0 aromatic carbocycles. The van der Waals surface area contributed by atoms with Crippen molar-refractivity contribution in [3.8, 4) is 0 Å². The summed E-state index contributed by atoms with van der Waals surface area (Å²) in [6, 6.07) is 0.222. The Balaban J connectivity index is 3.58. The van der Waals surface area contributed by atoms with Crippen LogP contribution < -0.4 is 5.73 Å². The second-order valence-electron chi connectivity index (χ2n) is 2.66. The van der Waals surface area contributed by atoms with E-state index in [2.05, 4.69) is 6.92 Å². The van der Waals surface area contributed by atoms with Crippen molar-refractivity contribution in [2.75, 3.05) is 7.11 Å². The molecular formula is C7H17NO. The van der Waals surface area contributed by atoms with Gasteiger partial charge in [-0.1, -0.05) is 6.92 Å². The fourth-order valence-corrected chi connectivity index (χ4v) is 0.642. The van der Waals surface area contributed by atoms with Gasteiger partial charge in [0.05, 0.1) is 6.10 Å². The van der Waals surface area contributed by atoms with Gasteiger partial charge in [-0.3, -0.25) is 0 Å². The third kappa shape index (κ3) is 2.82. The van der Waals surface area contributed by atoms with Gasteiger partial charge in [0.15, 0.2) is 0 Å². The van der Waals surface area contributed by atoms with E-state index in [1.807, 2.05) is 13.8 Å². The molecule has 0 amide bonds. The van der Waals surface area contributed by atoms with Crippen molar-refractivity contribution in [1.82, 2.24) is 0 Å². The van der Waals surface area contributed by atoms with Crippen LogP contribution >= 0.6 is 0 Å². The number of hydrogen-bond acceptors (Lipinski definition) is 2. The first-order chi connectivity index (χ1) is 4.09. The predicted octanol–water partition coefficient (Wildman–Crippen LogP) is 1.00. The molecule has 2 heteroatoms. The monoisotopic (exact) mass is 131 g/mol. The first-order valence-corrected chi connectivity index (χ1v) is 3.38. The molecule has 0 aromatic heterocycles. The summed E-state index contributed by atoms with van der Waals surface area (Å²) >= 11 is 0. The minimum atomic E-state index is 0.222. The van der Waals surface area contributed by atoms with Gasteiger partial charge in [0.1, 0.15) is 0 Å². The normalized spacial score (nSPS) is 21.0. The van der Waals surface area contributed by atoms with Crippen LogP contribution in [0.4, 0.5) is 0 Å². The zero-order chi connectivity index (χ0) is 7.44. The Labute approximate surface area is 57.4 Å².